The second-order valence-electron chi connectivity index (χ2n) is 15.0. The van der Waals surface area contributed by atoms with E-state index in [1.54, 1.807) is 0 Å². The van der Waals surface area contributed by atoms with Gasteiger partial charge in [-0.3, -0.25) is 14.4 Å². The molecule has 4 nitrogen and oxygen atoms in total. The first-order chi connectivity index (χ1) is 15.7. The van der Waals surface area contributed by atoms with E-state index in [2.05, 4.69) is 48.5 Å². The number of carbonyl (C=O) groups excluding carboxylic acids is 3. The minimum absolute atomic E-state index is 0.0215. The molecule has 2 unspecified atom stereocenters. The maximum absolute atomic E-state index is 14.3. The highest BCUT2D eigenvalue weighted by atomic mass is 16.5. The normalized spacial score (nSPS) is 51.4. The maximum Gasteiger partial charge on any atom is 0.293 e. The fourth-order valence-electron chi connectivity index (χ4n) is 10.8. The Bertz CT molecular complexity index is 919. The monoisotopic (exact) mass is 470 g/mol. The highest BCUT2D eigenvalue weighted by Gasteiger charge is 2.72. The molecule has 0 amide bonds. The largest absolute Gasteiger partial charge is 0.461 e. The summed E-state index contributed by atoms with van der Waals surface area (Å²) in [5.74, 6) is 1.55. The van der Waals surface area contributed by atoms with Crippen molar-refractivity contribution in [3.8, 4) is 0 Å². The van der Waals surface area contributed by atoms with Gasteiger partial charge < -0.3 is 4.74 Å². The van der Waals surface area contributed by atoms with Crippen molar-refractivity contribution in [2.24, 2.45) is 50.7 Å². The van der Waals surface area contributed by atoms with Crippen molar-refractivity contribution in [1.82, 2.24) is 0 Å². The van der Waals surface area contributed by atoms with Gasteiger partial charge in [-0.15, -0.1) is 0 Å². The maximum atomic E-state index is 14.3. The number of hydrogen-bond donors (Lipinski definition) is 0. The Hall–Kier alpha value is -1.19. The molecule has 5 rings (SSSR count). The van der Waals surface area contributed by atoms with E-state index >= 15 is 0 Å². The van der Waals surface area contributed by atoms with Crippen LogP contribution in [0.25, 0.3) is 0 Å². The zero-order chi connectivity index (χ0) is 24.9. The second-order valence-corrected chi connectivity index (χ2v) is 15.0. The molecule has 0 bridgehead atoms. The van der Waals surface area contributed by atoms with E-state index in [4.69, 9.17) is 4.74 Å². The van der Waals surface area contributed by atoms with Crippen LogP contribution < -0.4 is 0 Å². The highest BCUT2D eigenvalue weighted by molar-refractivity contribution is 5.86. The Balaban J connectivity index is 1.59. The number of carbonyl (C=O) groups is 3. The second kappa shape index (κ2) is 7.19. The minimum Gasteiger partial charge on any atom is -0.461 e. The summed E-state index contributed by atoms with van der Waals surface area (Å²) in [5, 5.41) is 0. The van der Waals surface area contributed by atoms with Gasteiger partial charge in [0.25, 0.3) is 6.47 Å². The Morgan fingerprint density at radius 1 is 0.824 bits per heavy atom. The lowest BCUT2D eigenvalue weighted by Crippen LogP contribution is -2.70. The predicted molar refractivity (Wildman–Crippen MR) is 132 cm³/mol. The smallest absolute Gasteiger partial charge is 0.293 e. The van der Waals surface area contributed by atoms with Crippen LogP contribution in [0.1, 0.15) is 113 Å². The van der Waals surface area contributed by atoms with E-state index in [1.807, 2.05) is 0 Å². The SMILES string of the molecule is CC1(C)CC[C@]2(OC=O)CC[C@]3(C)C(C(=O)C[C@@H]4[C@@]5(C)CCC(=O)C(C)(C)[C@@H]5CC[C@]43C)C2C1. The average molecular weight is 471 g/mol. The molecule has 5 saturated carbocycles. The Labute approximate surface area is 206 Å². The molecule has 0 spiro atoms. The van der Waals surface area contributed by atoms with Crippen molar-refractivity contribution in [3.63, 3.8) is 0 Å². The molecule has 5 aliphatic rings. The first-order valence-corrected chi connectivity index (χ1v) is 13.8. The quantitative estimate of drug-likeness (QED) is 0.430. The first kappa shape index (κ1) is 24.5. The molecule has 8 atom stereocenters. The molecule has 0 N–H and O–H groups in total. The van der Waals surface area contributed by atoms with Crippen LogP contribution in [0.5, 0.6) is 0 Å². The van der Waals surface area contributed by atoms with E-state index in [9.17, 15) is 14.4 Å². The fraction of sp³-hybridized carbons (Fsp3) is 0.900. The molecule has 34 heavy (non-hydrogen) atoms. The van der Waals surface area contributed by atoms with Gasteiger partial charge in [-0.25, -0.2) is 0 Å². The molecule has 4 heteroatoms. The summed E-state index contributed by atoms with van der Waals surface area (Å²) in [5.41, 5.74) is -0.632. The van der Waals surface area contributed by atoms with Crippen molar-refractivity contribution in [1.29, 1.82) is 0 Å². The van der Waals surface area contributed by atoms with Gasteiger partial charge in [0.15, 0.2) is 0 Å². The van der Waals surface area contributed by atoms with Gasteiger partial charge in [0.1, 0.15) is 17.2 Å². The molecule has 5 fully saturated rings. The van der Waals surface area contributed by atoms with Gasteiger partial charge in [0.2, 0.25) is 0 Å². The zero-order valence-electron chi connectivity index (χ0n) is 22.6. The van der Waals surface area contributed by atoms with E-state index in [0.29, 0.717) is 42.7 Å². The summed E-state index contributed by atoms with van der Waals surface area (Å²) < 4.78 is 5.95. The minimum atomic E-state index is -0.472. The van der Waals surface area contributed by atoms with Crippen LogP contribution in [0, 0.1) is 50.7 Å². The molecule has 0 saturated heterocycles. The molecule has 190 valence electrons. The van der Waals surface area contributed by atoms with Gasteiger partial charge in [-0.05, 0) is 84.9 Å². The van der Waals surface area contributed by atoms with Gasteiger partial charge in [0, 0.05) is 30.1 Å². The Morgan fingerprint density at radius 2 is 1.50 bits per heavy atom. The first-order valence-electron chi connectivity index (χ1n) is 13.8. The van der Waals surface area contributed by atoms with E-state index < -0.39 is 5.60 Å². The number of Topliss-reactive ketones (excluding diaryl/α,β-unsaturated/α-hetero) is 2. The van der Waals surface area contributed by atoms with E-state index in [0.717, 1.165) is 51.4 Å². The third kappa shape index (κ3) is 2.92. The van der Waals surface area contributed by atoms with Crippen molar-refractivity contribution >= 4 is 18.0 Å². The van der Waals surface area contributed by atoms with Crippen LogP contribution in [0.3, 0.4) is 0 Å². The lowest BCUT2D eigenvalue weighted by Gasteiger charge is -2.72. The molecule has 0 radical (unpaired) electrons. The van der Waals surface area contributed by atoms with Crippen molar-refractivity contribution in [2.75, 3.05) is 0 Å². The van der Waals surface area contributed by atoms with Crippen molar-refractivity contribution in [3.05, 3.63) is 0 Å². The number of hydrogen-bond acceptors (Lipinski definition) is 4. The van der Waals surface area contributed by atoms with Crippen molar-refractivity contribution < 1.29 is 19.1 Å². The van der Waals surface area contributed by atoms with E-state index in [1.165, 1.54) is 0 Å². The van der Waals surface area contributed by atoms with Crippen LogP contribution in [-0.2, 0) is 19.1 Å². The molecule has 0 aromatic rings. The van der Waals surface area contributed by atoms with Gasteiger partial charge in [-0.2, -0.15) is 0 Å². The molecule has 0 aliphatic heterocycles. The van der Waals surface area contributed by atoms with Crippen molar-refractivity contribution in [2.45, 2.75) is 118 Å². The van der Waals surface area contributed by atoms with Crippen LogP contribution >= 0.6 is 0 Å². The van der Waals surface area contributed by atoms with Crippen LogP contribution in [0.2, 0.25) is 0 Å². The van der Waals surface area contributed by atoms with Gasteiger partial charge >= 0.3 is 0 Å². The standard InChI is InChI=1S/C30H46O4/c1-25(2)12-14-30(34-18-31)15-13-29(7)24(19(30)17-25)20(32)16-22-27(5)10-9-23(33)26(3,4)21(27)8-11-28(22,29)6/h18-19,21-22,24H,8-17H2,1-7H3/t19?,21-,22+,24?,27-,28+,29+,30-/m0/s1. The predicted octanol–water partition coefficient (Wildman–Crippen LogP) is 6.54. The average Bonchev–Trinajstić information content (AvgIpc) is 2.74. The highest BCUT2D eigenvalue weighted by Crippen LogP contribution is 2.75. The van der Waals surface area contributed by atoms with E-state index in [-0.39, 0.29) is 38.9 Å². The summed E-state index contributed by atoms with van der Waals surface area (Å²) in [6.07, 6.45) is 9.05. The molecular formula is C30H46O4. The summed E-state index contributed by atoms with van der Waals surface area (Å²) >= 11 is 0. The summed E-state index contributed by atoms with van der Waals surface area (Å²) in [6, 6.07) is 0. The van der Waals surface area contributed by atoms with Crippen LogP contribution in [0.4, 0.5) is 0 Å². The number of fused-ring (bicyclic) bond motifs is 7. The molecular weight excluding hydrogens is 424 g/mol. The number of ketones is 2. The van der Waals surface area contributed by atoms with Gasteiger partial charge in [0.05, 0.1) is 0 Å². The summed E-state index contributed by atoms with van der Waals surface area (Å²) in [6.45, 7) is 16.9. The Kier molecular flexibility index (Phi) is 5.18. The molecule has 0 aromatic carbocycles. The number of ether oxygens (including phenoxy) is 1. The summed E-state index contributed by atoms with van der Waals surface area (Å²) in [4.78, 5) is 38.8. The van der Waals surface area contributed by atoms with Crippen LogP contribution in [0.15, 0.2) is 0 Å². The Morgan fingerprint density at radius 3 is 2.18 bits per heavy atom. The fourth-order valence-corrected chi connectivity index (χ4v) is 10.8. The third-order valence-electron chi connectivity index (χ3n) is 13.0. The van der Waals surface area contributed by atoms with Gasteiger partial charge in [-0.1, -0.05) is 48.5 Å². The zero-order valence-corrected chi connectivity index (χ0v) is 22.6. The molecule has 0 heterocycles. The van der Waals surface area contributed by atoms with Crippen LogP contribution in [-0.4, -0.2) is 23.6 Å². The summed E-state index contributed by atoms with van der Waals surface area (Å²) in [7, 11) is 0. The topological polar surface area (TPSA) is 60.4 Å². The lowest BCUT2D eigenvalue weighted by atomic mass is 9.32. The number of rotatable bonds is 2. The molecule has 0 aromatic heterocycles. The molecule has 5 aliphatic carbocycles. The third-order valence-corrected chi connectivity index (χ3v) is 13.0. The lowest BCUT2D eigenvalue weighted by molar-refractivity contribution is -0.248.